The van der Waals surface area contributed by atoms with Gasteiger partial charge in [-0.3, -0.25) is 14.4 Å². The third-order valence-corrected chi connectivity index (χ3v) is 9.48. The average molecular weight is 573 g/mol. The number of ether oxygens (including phenoxy) is 3. The Morgan fingerprint density at radius 2 is 1.10 bits per heavy atom. The lowest BCUT2D eigenvalue weighted by Gasteiger charge is -2.40. The molecular formula is C32H61O6P. The van der Waals surface area contributed by atoms with E-state index in [9.17, 15) is 14.4 Å². The van der Waals surface area contributed by atoms with Gasteiger partial charge in [-0.05, 0) is 56.8 Å². The number of hydrogen-bond acceptors (Lipinski definition) is 6. The lowest BCUT2D eigenvalue weighted by Crippen LogP contribution is -2.38. The van der Waals surface area contributed by atoms with Crippen molar-refractivity contribution in [2.24, 2.45) is 34.0 Å². The van der Waals surface area contributed by atoms with Crippen LogP contribution < -0.4 is 0 Å². The van der Waals surface area contributed by atoms with Crippen LogP contribution in [0.2, 0.25) is 0 Å². The van der Waals surface area contributed by atoms with Gasteiger partial charge in [0.15, 0.2) is 5.52 Å². The maximum atomic E-state index is 12.9. The first-order valence-corrected chi connectivity index (χ1v) is 15.3. The molecular weight excluding hydrogens is 511 g/mol. The van der Waals surface area contributed by atoms with Gasteiger partial charge in [-0.1, -0.05) is 84.9 Å². The summed E-state index contributed by atoms with van der Waals surface area (Å²) in [6, 6.07) is 0. The van der Waals surface area contributed by atoms with Gasteiger partial charge in [-0.15, -0.1) is 0 Å². The van der Waals surface area contributed by atoms with E-state index in [2.05, 4.69) is 57.7 Å². The fourth-order valence-electron chi connectivity index (χ4n) is 4.94. The van der Waals surface area contributed by atoms with Gasteiger partial charge in [0, 0.05) is 18.8 Å². The van der Waals surface area contributed by atoms with Crippen LogP contribution in [0.1, 0.15) is 129 Å². The molecule has 0 fully saturated rings. The minimum atomic E-state index is -0.635. The maximum absolute atomic E-state index is 12.9. The molecule has 4 unspecified atom stereocenters. The molecule has 0 heterocycles. The fourth-order valence-corrected chi connectivity index (χ4v) is 5.40. The number of esters is 2. The van der Waals surface area contributed by atoms with Crippen LogP contribution in [0, 0.1) is 34.0 Å². The molecule has 230 valence electrons. The SMILES string of the molecule is CCCC(C)(C)C(C)C(=O)OC(C)(C)CCOC(C)(C)CCOC(=O)C(C)C(C)(C)CC(C)(C)C(C)C(=O)P. The van der Waals surface area contributed by atoms with Crippen molar-refractivity contribution in [2.75, 3.05) is 13.2 Å². The highest BCUT2D eigenvalue weighted by Gasteiger charge is 2.41. The highest BCUT2D eigenvalue weighted by Crippen LogP contribution is 2.44. The summed E-state index contributed by atoms with van der Waals surface area (Å²) >= 11 is 0. The molecule has 39 heavy (non-hydrogen) atoms. The minimum Gasteiger partial charge on any atom is -0.465 e. The van der Waals surface area contributed by atoms with Gasteiger partial charge in [-0.25, -0.2) is 0 Å². The summed E-state index contributed by atoms with van der Waals surface area (Å²) in [6.07, 6.45) is 3.85. The molecule has 0 spiro atoms. The van der Waals surface area contributed by atoms with Crippen LogP contribution in [0.3, 0.4) is 0 Å². The van der Waals surface area contributed by atoms with E-state index in [4.69, 9.17) is 14.2 Å². The molecule has 0 N–H and O–H groups in total. The zero-order chi connectivity index (χ0) is 31.0. The van der Waals surface area contributed by atoms with E-state index in [-0.39, 0.29) is 58.1 Å². The number of carbonyl (C=O) groups excluding carboxylic acids is 3. The van der Waals surface area contributed by atoms with Crippen molar-refractivity contribution < 1.29 is 28.6 Å². The number of carbonyl (C=O) groups is 3. The van der Waals surface area contributed by atoms with E-state index in [1.165, 1.54) is 0 Å². The molecule has 6 nitrogen and oxygen atoms in total. The van der Waals surface area contributed by atoms with Crippen molar-refractivity contribution in [3.05, 3.63) is 0 Å². The number of rotatable bonds is 18. The molecule has 0 aromatic carbocycles. The van der Waals surface area contributed by atoms with Crippen molar-refractivity contribution in [1.82, 2.24) is 0 Å². The van der Waals surface area contributed by atoms with Crippen LogP contribution in [0.4, 0.5) is 0 Å². The monoisotopic (exact) mass is 572 g/mol. The van der Waals surface area contributed by atoms with Gasteiger partial charge in [0.25, 0.3) is 0 Å². The first-order valence-electron chi connectivity index (χ1n) is 14.7. The summed E-state index contributed by atoms with van der Waals surface area (Å²) in [4.78, 5) is 37.6. The Bertz CT molecular complexity index is 811. The van der Waals surface area contributed by atoms with Crippen LogP contribution in [0.25, 0.3) is 0 Å². The molecule has 0 bridgehead atoms. The first kappa shape index (κ1) is 38.0. The molecule has 0 amide bonds. The van der Waals surface area contributed by atoms with Crippen LogP contribution in [0.5, 0.6) is 0 Å². The predicted octanol–water partition coefficient (Wildman–Crippen LogP) is 8.01. The van der Waals surface area contributed by atoms with Crippen LogP contribution in [-0.4, -0.2) is 41.9 Å². The van der Waals surface area contributed by atoms with Gasteiger partial charge in [0.1, 0.15) is 5.60 Å². The van der Waals surface area contributed by atoms with Gasteiger partial charge in [0.05, 0.1) is 30.7 Å². The Morgan fingerprint density at radius 3 is 1.59 bits per heavy atom. The van der Waals surface area contributed by atoms with E-state index < -0.39 is 11.2 Å². The summed E-state index contributed by atoms with van der Waals surface area (Å²) in [5.74, 6) is -1.01. The summed E-state index contributed by atoms with van der Waals surface area (Å²) in [5.41, 5.74) is -1.71. The summed E-state index contributed by atoms with van der Waals surface area (Å²) in [7, 11) is 2.28. The van der Waals surface area contributed by atoms with Crippen molar-refractivity contribution in [3.63, 3.8) is 0 Å². The van der Waals surface area contributed by atoms with Gasteiger partial charge >= 0.3 is 11.9 Å². The van der Waals surface area contributed by atoms with E-state index in [1.807, 2.05) is 48.5 Å². The molecule has 0 saturated carbocycles. The third-order valence-electron chi connectivity index (χ3n) is 8.98. The van der Waals surface area contributed by atoms with Crippen LogP contribution in [0.15, 0.2) is 0 Å². The normalized spacial score (nSPS) is 15.9. The smallest absolute Gasteiger partial charge is 0.309 e. The molecule has 0 aromatic heterocycles. The van der Waals surface area contributed by atoms with E-state index in [0.717, 1.165) is 19.3 Å². The van der Waals surface area contributed by atoms with Gasteiger partial charge < -0.3 is 14.2 Å². The predicted molar refractivity (Wildman–Crippen MR) is 163 cm³/mol. The lowest BCUT2D eigenvalue weighted by atomic mass is 9.65. The van der Waals surface area contributed by atoms with Crippen molar-refractivity contribution in [1.29, 1.82) is 0 Å². The topological polar surface area (TPSA) is 78.9 Å². The second-order valence-corrected chi connectivity index (χ2v) is 15.5. The van der Waals surface area contributed by atoms with Crippen molar-refractivity contribution >= 4 is 26.7 Å². The third kappa shape index (κ3) is 13.0. The summed E-state index contributed by atoms with van der Waals surface area (Å²) in [5, 5.41) is 0. The fraction of sp³-hybridized carbons (Fsp3) is 0.906. The zero-order valence-corrected chi connectivity index (χ0v) is 28.9. The zero-order valence-electron chi connectivity index (χ0n) is 27.7. The lowest BCUT2D eigenvalue weighted by molar-refractivity contribution is -0.168. The molecule has 7 heteroatoms. The maximum Gasteiger partial charge on any atom is 0.309 e. The Hall–Kier alpha value is -1.00. The van der Waals surface area contributed by atoms with E-state index >= 15 is 0 Å². The van der Waals surface area contributed by atoms with Crippen molar-refractivity contribution in [2.45, 2.75) is 140 Å². The second-order valence-electron chi connectivity index (χ2n) is 14.9. The van der Waals surface area contributed by atoms with Gasteiger partial charge in [-0.2, -0.15) is 0 Å². The molecule has 0 rings (SSSR count). The highest BCUT2D eigenvalue weighted by molar-refractivity contribution is 7.40. The van der Waals surface area contributed by atoms with Crippen molar-refractivity contribution in [3.8, 4) is 0 Å². The Labute approximate surface area is 242 Å². The molecule has 0 aliphatic heterocycles. The standard InChI is InChI=1S/C32H61O6P/c1-15-16-28(5,6)23(3)26(34)38-32(13,14)18-20-37-31(11,12)17-19-36-25(33)22(2)29(7,8)21-30(9,10)24(4)27(35)39/h22-24H,15-21,39H2,1-14H3. The summed E-state index contributed by atoms with van der Waals surface area (Å²) in [6.45, 7) is 28.9. The van der Waals surface area contributed by atoms with E-state index in [0.29, 0.717) is 19.4 Å². The highest BCUT2D eigenvalue weighted by atomic mass is 31.0. The quantitative estimate of drug-likeness (QED) is 0.122. The van der Waals surface area contributed by atoms with Crippen LogP contribution in [-0.2, 0) is 28.6 Å². The molecule has 0 radical (unpaired) electrons. The van der Waals surface area contributed by atoms with Gasteiger partial charge in [0.2, 0.25) is 0 Å². The molecule has 0 aliphatic carbocycles. The molecule has 0 saturated heterocycles. The largest absolute Gasteiger partial charge is 0.465 e. The molecule has 0 aliphatic rings. The Balaban J connectivity index is 4.78. The number of hydrogen-bond donors (Lipinski definition) is 0. The second kappa shape index (κ2) is 14.8. The first-order chi connectivity index (χ1) is 17.4. The average Bonchev–Trinajstić information content (AvgIpc) is 2.75. The van der Waals surface area contributed by atoms with E-state index in [1.54, 1.807) is 0 Å². The molecule has 4 atom stereocenters. The molecule has 0 aromatic rings. The Kier molecular flexibility index (Phi) is 14.4. The summed E-state index contributed by atoms with van der Waals surface area (Å²) < 4.78 is 17.7. The van der Waals surface area contributed by atoms with Crippen LogP contribution >= 0.6 is 9.24 Å². The Morgan fingerprint density at radius 1 is 0.641 bits per heavy atom. The minimum absolute atomic E-state index is 0.0836.